The standard InChI is InChI=1S/C12H8N5O.Al/c13-10-9(14-6-7-15-10)11-16-12(18-17-11)8-4-2-1-3-5-8;/h1-5,7H,(H2,13,15);. The van der Waals surface area contributed by atoms with Crippen molar-refractivity contribution >= 4 is 26.7 Å². The quantitative estimate of drug-likeness (QED) is 0.681. The highest BCUT2D eigenvalue weighted by molar-refractivity contribution is 6.30. The molecule has 90 valence electrons. The van der Waals surface area contributed by atoms with E-state index in [1.54, 1.807) is 6.20 Å². The van der Waals surface area contributed by atoms with Crippen LogP contribution in [0.4, 0.5) is 5.82 Å². The lowest BCUT2D eigenvalue weighted by Crippen LogP contribution is -2.12. The van der Waals surface area contributed by atoms with Crippen LogP contribution in [0.5, 0.6) is 0 Å². The summed E-state index contributed by atoms with van der Waals surface area (Å²) in [5.41, 5.74) is 7.02. The van der Waals surface area contributed by atoms with Gasteiger partial charge in [-0.1, -0.05) is 23.4 Å². The van der Waals surface area contributed by atoms with Gasteiger partial charge in [-0.2, -0.15) is 4.98 Å². The van der Waals surface area contributed by atoms with Crippen molar-refractivity contribution in [2.75, 3.05) is 5.73 Å². The first-order valence-corrected chi connectivity index (χ1v) is 6.09. The maximum atomic E-state index is 5.76. The lowest BCUT2D eigenvalue weighted by molar-refractivity contribution is 0.432. The molecule has 0 fully saturated rings. The van der Waals surface area contributed by atoms with Crippen molar-refractivity contribution in [2.45, 2.75) is 0 Å². The summed E-state index contributed by atoms with van der Waals surface area (Å²) in [5.74, 6) is 1.02. The minimum atomic E-state index is 0.270. The Morgan fingerprint density at radius 2 is 1.89 bits per heavy atom. The highest BCUT2D eigenvalue weighted by atomic mass is 27.0. The SMILES string of the molecule is Nc1nc[c]([Al])nc1-c1noc(-c2ccccc2)n1. The molecule has 0 atom stereocenters. The van der Waals surface area contributed by atoms with Crippen LogP contribution < -0.4 is 10.3 Å². The predicted octanol–water partition coefficient (Wildman–Crippen LogP) is 0.570. The Morgan fingerprint density at radius 3 is 2.68 bits per heavy atom. The minimum absolute atomic E-state index is 0.270. The van der Waals surface area contributed by atoms with Gasteiger partial charge in [0.25, 0.3) is 5.89 Å². The summed E-state index contributed by atoms with van der Waals surface area (Å²) in [6, 6.07) is 9.49. The molecule has 0 spiro atoms. The Labute approximate surface area is 117 Å². The van der Waals surface area contributed by atoms with E-state index in [0.29, 0.717) is 22.0 Å². The number of aromatic nitrogens is 4. The molecule has 0 amide bonds. The van der Waals surface area contributed by atoms with Crippen LogP contribution in [-0.4, -0.2) is 36.4 Å². The number of hydrogen-bond acceptors (Lipinski definition) is 6. The summed E-state index contributed by atoms with van der Waals surface area (Å²) in [4.78, 5) is 12.5. The summed E-state index contributed by atoms with van der Waals surface area (Å²) >= 11 is 2.45. The van der Waals surface area contributed by atoms with Crippen molar-refractivity contribution in [3.8, 4) is 23.0 Å². The normalized spacial score (nSPS) is 10.5. The molecule has 0 aliphatic heterocycles. The van der Waals surface area contributed by atoms with Gasteiger partial charge in [0.15, 0.2) is 11.5 Å². The first kappa shape index (κ1) is 11.8. The summed E-state index contributed by atoms with van der Waals surface area (Å²) in [5, 5.41) is 3.89. The Hall–Kier alpha value is -2.23. The smallest absolute Gasteiger partial charge is 0.258 e. The largest absolute Gasteiger partial charge is 0.382 e. The number of benzene rings is 1. The van der Waals surface area contributed by atoms with Crippen LogP contribution in [0.25, 0.3) is 23.0 Å². The third-order valence-electron chi connectivity index (χ3n) is 2.48. The lowest BCUT2D eigenvalue weighted by Gasteiger charge is -2.00. The number of hydrogen-bond donors (Lipinski definition) is 1. The molecule has 2 N–H and O–H groups in total. The Kier molecular flexibility index (Phi) is 2.99. The number of anilines is 1. The van der Waals surface area contributed by atoms with Gasteiger partial charge in [-0.15, -0.1) is 0 Å². The van der Waals surface area contributed by atoms with E-state index in [1.165, 1.54) is 0 Å². The first-order valence-electron chi connectivity index (χ1n) is 5.51. The van der Waals surface area contributed by atoms with Gasteiger partial charge >= 0.3 is 0 Å². The molecule has 2 aromatic heterocycles. The highest BCUT2D eigenvalue weighted by Gasteiger charge is 2.14. The van der Waals surface area contributed by atoms with Gasteiger partial charge < -0.3 is 10.3 Å². The van der Waals surface area contributed by atoms with E-state index in [4.69, 9.17) is 10.3 Å². The summed E-state index contributed by atoms with van der Waals surface area (Å²) in [7, 11) is 0. The molecule has 0 aliphatic rings. The maximum absolute atomic E-state index is 5.76. The van der Waals surface area contributed by atoms with E-state index in [-0.39, 0.29) is 5.82 Å². The van der Waals surface area contributed by atoms with Crippen molar-refractivity contribution in [1.82, 2.24) is 20.1 Å². The van der Waals surface area contributed by atoms with E-state index in [9.17, 15) is 0 Å². The second-order valence-corrected chi connectivity index (χ2v) is 4.41. The van der Waals surface area contributed by atoms with Crippen molar-refractivity contribution < 1.29 is 4.52 Å². The average Bonchev–Trinajstić information content (AvgIpc) is 2.92. The zero-order valence-electron chi connectivity index (χ0n) is 9.82. The molecule has 19 heavy (non-hydrogen) atoms. The van der Waals surface area contributed by atoms with Gasteiger partial charge in [-0.25, -0.2) is 4.98 Å². The second kappa shape index (κ2) is 4.80. The van der Waals surface area contributed by atoms with Gasteiger partial charge in [-0.05, 0) is 16.7 Å². The molecule has 3 rings (SSSR count). The van der Waals surface area contributed by atoms with Crippen LogP contribution in [0.15, 0.2) is 41.1 Å². The zero-order valence-corrected chi connectivity index (χ0v) is 11.0. The second-order valence-electron chi connectivity index (χ2n) is 3.82. The van der Waals surface area contributed by atoms with Crippen molar-refractivity contribution in [3.05, 3.63) is 36.5 Å². The van der Waals surface area contributed by atoms with Gasteiger partial charge in [0, 0.05) is 11.8 Å². The minimum Gasteiger partial charge on any atom is -0.382 e. The zero-order chi connectivity index (χ0) is 13.2. The maximum Gasteiger partial charge on any atom is 0.258 e. The van der Waals surface area contributed by atoms with Crippen molar-refractivity contribution in [1.29, 1.82) is 0 Å². The molecule has 0 unspecified atom stereocenters. The van der Waals surface area contributed by atoms with E-state index in [1.807, 2.05) is 30.3 Å². The number of nitrogens with zero attached hydrogens (tertiary/aromatic N) is 4. The molecule has 0 saturated heterocycles. The molecule has 2 radical (unpaired) electrons. The van der Waals surface area contributed by atoms with Gasteiger partial charge in [0.1, 0.15) is 0 Å². The molecule has 0 aliphatic carbocycles. The lowest BCUT2D eigenvalue weighted by atomic mass is 10.2. The monoisotopic (exact) mass is 265 g/mol. The molecular formula is C12H8AlN5O. The topological polar surface area (TPSA) is 90.7 Å². The number of rotatable bonds is 2. The van der Waals surface area contributed by atoms with Gasteiger partial charge in [0.05, 0.1) is 0 Å². The molecule has 3 aromatic rings. The predicted molar refractivity (Wildman–Crippen MR) is 70.6 cm³/mol. The molecule has 1 aromatic carbocycles. The molecule has 2 heterocycles. The van der Waals surface area contributed by atoms with Gasteiger partial charge in [-0.3, -0.25) is 4.98 Å². The van der Waals surface area contributed by atoms with Crippen molar-refractivity contribution in [2.24, 2.45) is 0 Å². The van der Waals surface area contributed by atoms with Crippen LogP contribution >= 0.6 is 0 Å². The van der Waals surface area contributed by atoms with E-state index in [0.717, 1.165) is 5.56 Å². The van der Waals surface area contributed by atoms with Crippen molar-refractivity contribution in [3.63, 3.8) is 0 Å². The Bertz CT molecular complexity index is 713. The van der Waals surface area contributed by atoms with Gasteiger partial charge in [0.2, 0.25) is 22.1 Å². The van der Waals surface area contributed by atoms with Crippen LogP contribution in [0.3, 0.4) is 0 Å². The van der Waals surface area contributed by atoms with E-state index >= 15 is 0 Å². The Balaban J connectivity index is 2.04. The third-order valence-corrected chi connectivity index (χ3v) is 2.76. The van der Waals surface area contributed by atoms with E-state index < -0.39 is 0 Å². The molecule has 6 nitrogen and oxygen atoms in total. The fraction of sp³-hybridized carbons (Fsp3) is 0. The van der Waals surface area contributed by atoms with Crippen LogP contribution in [-0.2, 0) is 0 Å². The molecule has 0 bridgehead atoms. The fourth-order valence-corrected chi connectivity index (χ4v) is 1.80. The summed E-state index contributed by atoms with van der Waals surface area (Å²) in [6.07, 6.45) is 1.56. The highest BCUT2D eigenvalue weighted by Crippen LogP contribution is 2.22. The molecule has 7 heteroatoms. The van der Waals surface area contributed by atoms with E-state index in [2.05, 4.69) is 36.4 Å². The first-order chi connectivity index (χ1) is 9.24. The average molecular weight is 265 g/mol. The molecule has 0 saturated carbocycles. The van der Waals surface area contributed by atoms with Crippen LogP contribution in [0, 0.1) is 0 Å². The Morgan fingerprint density at radius 1 is 1.11 bits per heavy atom. The fourth-order valence-electron chi connectivity index (χ4n) is 1.59. The molecular weight excluding hydrogens is 257 g/mol. The third kappa shape index (κ3) is 2.34. The van der Waals surface area contributed by atoms with Crippen LogP contribution in [0.1, 0.15) is 0 Å². The van der Waals surface area contributed by atoms with Crippen LogP contribution in [0.2, 0.25) is 0 Å². The summed E-state index contributed by atoms with van der Waals surface area (Å²) < 4.78 is 5.87. The number of nitrogen functional groups attached to an aromatic ring is 1. The number of nitrogens with two attached hydrogens (primary N) is 1. The summed E-state index contributed by atoms with van der Waals surface area (Å²) in [6.45, 7) is 0.